The van der Waals surface area contributed by atoms with E-state index in [1.165, 1.54) is 6.92 Å². The van der Waals surface area contributed by atoms with Crippen LogP contribution in [0.3, 0.4) is 0 Å². The lowest BCUT2D eigenvalue weighted by Crippen LogP contribution is -2.69. The first-order valence-electron chi connectivity index (χ1n) is 37.7. The first-order valence-corrected chi connectivity index (χ1v) is 37.7. The average molecular weight is 1570 g/mol. The number of aliphatic hydroxyl groups excluding tert-OH is 22. The van der Waals surface area contributed by atoms with E-state index in [0.29, 0.717) is 38.5 Å². The van der Waals surface area contributed by atoms with Crippen LogP contribution in [0.2, 0.25) is 0 Å². The molecule has 12 fully saturated rings. The second-order valence-corrected chi connectivity index (χ2v) is 32.5. The summed E-state index contributed by atoms with van der Waals surface area (Å²) >= 11 is 0. The van der Waals surface area contributed by atoms with Gasteiger partial charge >= 0.3 is 0 Å². The number of Topliss-reactive ketones (excluding diaryl/α,β-unsaturated/α-hetero) is 1. The number of hydrogen-bond acceptors (Lipinski definition) is 39. The Kier molecular flexibility index (Phi) is 27.2. The zero-order valence-electron chi connectivity index (χ0n) is 60.5. The molecule has 4 saturated carbocycles. The molecule has 0 spiro atoms. The van der Waals surface area contributed by atoms with Crippen molar-refractivity contribution in [2.24, 2.45) is 52.3 Å². The summed E-state index contributed by atoms with van der Waals surface area (Å²) in [5.74, 6) is -2.26. The van der Waals surface area contributed by atoms with Crippen LogP contribution in [-0.2, 0) is 75.8 Å². The molecule has 0 bridgehead atoms. The molecule has 0 aromatic rings. The Bertz CT molecular complexity index is 2910. The summed E-state index contributed by atoms with van der Waals surface area (Å²) in [4.78, 5) is 15.0. The van der Waals surface area contributed by atoms with Crippen LogP contribution >= 0.6 is 0 Å². The molecule has 0 aromatic heterocycles. The number of fused-ring (bicyclic) bond motifs is 7. The molecule has 108 heavy (non-hydrogen) atoms. The van der Waals surface area contributed by atoms with E-state index in [1.54, 1.807) is 0 Å². The Hall–Kier alpha value is -1.85. The quantitative estimate of drug-likeness (QED) is 0.0399. The molecule has 39 nitrogen and oxygen atoms in total. The molecule has 12 rings (SSSR count). The SMILES string of the molecule is CC(CCC1(O)OC2CC3C4CCC5CC(OC6OC(CO)C(OC7OC(CO)C(O)C(OC8OC(CO)C(OC9OC(C)C(O)C(O)C9O)C(O)C8O)C7OC7OC(CO)C(O)C(OC8OC(CO)C(O)C(O)C8O)C7O)C(O)C6O)CCC5(C)C4CC(=O)C3(C)C2C1C)COC1OC(CO)C(O)C(O)C1O. The van der Waals surface area contributed by atoms with Crippen molar-refractivity contribution in [3.05, 3.63) is 0 Å². The van der Waals surface area contributed by atoms with Gasteiger partial charge in [-0.25, -0.2) is 0 Å². The predicted octanol–water partition coefficient (Wildman–Crippen LogP) is -10.3. The van der Waals surface area contributed by atoms with Crippen LogP contribution in [0, 0.1) is 52.3 Å². The number of hydrogen-bond donors (Lipinski definition) is 23. The summed E-state index contributed by atoms with van der Waals surface area (Å²) in [5.41, 5.74) is -1.15. The van der Waals surface area contributed by atoms with E-state index < -0.39 is 284 Å². The van der Waals surface area contributed by atoms with Crippen molar-refractivity contribution in [3.8, 4) is 0 Å². The average Bonchev–Trinajstić information content (AvgIpc) is 1.51. The molecule has 39 heteroatoms. The maximum absolute atomic E-state index is 15.0. The first kappa shape index (κ1) is 85.5. The van der Waals surface area contributed by atoms with Gasteiger partial charge in [-0.15, -0.1) is 0 Å². The molecular weight excluding hydrogens is 1450 g/mol. The van der Waals surface area contributed by atoms with E-state index >= 15 is 4.79 Å². The molecule has 47 atom stereocenters. The molecule has 624 valence electrons. The summed E-state index contributed by atoms with van der Waals surface area (Å²) in [5, 5.41) is 252. The van der Waals surface area contributed by atoms with Crippen LogP contribution in [0.25, 0.3) is 0 Å². The molecule has 0 radical (unpaired) electrons. The van der Waals surface area contributed by atoms with Gasteiger partial charge in [0.05, 0.1) is 64.6 Å². The van der Waals surface area contributed by atoms with Gasteiger partial charge in [0.1, 0.15) is 171 Å². The molecular formula is C69H114O39. The fraction of sp³-hybridized carbons (Fsp3) is 0.986. The predicted molar refractivity (Wildman–Crippen MR) is 348 cm³/mol. The van der Waals surface area contributed by atoms with Crippen LogP contribution in [0.15, 0.2) is 0 Å². The van der Waals surface area contributed by atoms with Gasteiger partial charge in [-0.05, 0) is 86.9 Å². The van der Waals surface area contributed by atoms with Crippen molar-refractivity contribution in [3.63, 3.8) is 0 Å². The molecule has 8 heterocycles. The fourth-order valence-electron chi connectivity index (χ4n) is 19.7. The lowest BCUT2D eigenvalue weighted by molar-refractivity contribution is -0.414. The van der Waals surface area contributed by atoms with E-state index in [9.17, 15) is 117 Å². The summed E-state index contributed by atoms with van der Waals surface area (Å²) in [7, 11) is 0. The lowest BCUT2D eigenvalue weighted by Gasteiger charge is -2.60. The van der Waals surface area contributed by atoms with Crippen molar-refractivity contribution in [1.29, 1.82) is 0 Å². The summed E-state index contributed by atoms with van der Waals surface area (Å²) in [6, 6.07) is 0. The zero-order valence-corrected chi connectivity index (χ0v) is 60.5. The minimum absolute atomic E-state index is 0.00741. The van der Waals surface area contributed by atoms with E-state index in [2.05, 4.69) is 6.92 Å². The summed E-state index contributed by atoms with van der Waals surface area (Å²) in [6.07, 6.45) is -62.1. The van der Waals surface area contributed by atoms with Crippen molar-refractivity contribution in [1.82, 2.24) is 0 Å². The van der Waals surface area contributed by atoms with Gasteiger partial charge < -0.3 is 189 Å². The van der Waals surface area contributed by atoms with Gasteiger partial charge in [0.2, 0.25) is 0 Å². The summed E-state index contributed by atoms with van der Waals surface area (Å²) in [6.45, 7) is 3.71. The normalized spacial score (nSPS) is 55.1. The summed E-state index contributed by atoms with van der Waals surface area (Å²) < 4.78 is 89.9. The Labute approximate surface area is 621 Å². The maximum atomic E-state index is 15.0. The number of carbonyl (C=O) groups is 1. The molecule has 23 N–H and O–H groups in total. The Morgan fingerprint density at radius 2 is 0.870 bits per heavy atom. The molecule has 0 aromatic carbocycles. The van der Waals surface area contributed by atoms with Gasteiger partial charge in [-0.3, -0.25) is 4.79 Å². The lowest BCUT2D eigenvalue weighted by atomic mass is 9.44. The van der Waals surface area contributed by atoms with Gasteiger partial charge in [0, 0.05) is 30.1 Å². The highest BCUT2D eigenvalue weighted by atomic mass is 16.8. The molecule has 8 aliphatic heterocycles. The highest BCUT2D eigenvalue weighted by Gasteiger charge is 2.72. The second kappa shape index (κ2) is 34.4. The number of ketones is 1. The van der Waals surface area contributed by atoms with Gasteiger partial charge in [0.25, 0.3) is 0 Å². The fourth-order valence-corrected chi connectivity index (χ4v) is 19.7. The minimum atomic E-state index is -2.32. The largest absolute Gasteiger partial charge is 0.394 e. The van der Waals surface area contributed by atoms with Crippen molar-refractivity contribution >= 4 is 5.78 Å². The molecule has 12 aliphatic rings. The van der Waals surface area contributed by atoms with Gasteiger partial charge in [-0.2, -0.15) is 0 Å². The molecule has 8 saturated heterocycles. The van der Waals surface area contributed by atoms with Gasteiger partial charge in [0.15, 0.2) is 49.8 Å². The van der Waals surface area contributed by atoms with Crippen LogP contribution in [0.5, 0.6) is 0 Å². The van der Waals surface area contributed by atoms with Crippen LogP contribution in [0.1, 0.15) is 92.4 Å². The Morgan fingerprint density at radius 1 is 0.435 bits per heavy atom. The zero-order chi connectivity index (χ0) is 78.4. The number of aliphatic hydroxyl groups is 23. The highest BCUT2D eigenvalue weighted by Crippen LogP contribution is 2.70. The standard InChI is InChI=1S/C69H114O39/c1-22(21-94-60-49(87)45(83)40(78)31(15-70)97-60)8-11-69(93)23(2)38-30(108-69)13-29-27-7-6-25-12-26(9-10-67(25,4)28(27)14-37(76)68(29,38)5)96-62-52(90)47(85)56(36(20-75)101-62)104-66-59(107-65-54(92)57(42(80)33(17-72)99-65)105-63-51(89)46(84)41(79)32(16-71)98-63)58(43(81)34(18-73)100-66)106-64-53(91)48(86)55(35(19-74)102-64)103-61-50(88)44(82)39(77)24(3)95-61/h22-36,38-66,70-75,77-93H,6-21H2,1-5H3. The van der Waals surface area contributed by atoms with E-state index in [0.717, 1.165) is 12.8 Å². The third kappa shape index (κ3) is 15.8. The molecule has 4 aliphatic carbocycles. The van der Waals surface area contributed by atoms with Crippen LogP contribution in [0.4, 0.5) is 0 Å². The first-order chi connectivity index (χ1) is 51.1. The minimum Gasteiger partial charge on any atom is -0.394 e. The third-order valence-electron chi connectivity index (χ3n) is 26.3. The van der Waals surface area contributed by atoms with Crippen molar-refractivity contribution in [2.75, 3.05) is 46.2 Å². The van der Waals surface area contributed by atoms with Crippen LogP contribution < -0.4 is 0 Å². The van der Waals surface area contributed by atoms with Crippen molar-refractivity contribution < 1.29 is 193 Å². The van der Waals surface area contributed by atoms with Crippen LogP contribution in [-0.4, -0.2) is 402 Å². The molecule has 0 amide bonds. The Morgan fingerprint density at radius 3 is 1.44 bits per heavy atom. The second-order valence-electron chi connectivity index (χ2n) is 32.5. The van der Waals surface area contributed by atoms with E-state index in [4.69, 9.17) is 71.1 Å². The number of ether oxygens (including phenoxy) is 15. The van der Waals surface area contributed by atoms with E-state index in [-0.39, 0.29) is 59.7 Å². The highest BCUT2D eigenvalue weighted by molar-refractivity contribution is 5.87. The monoisotopic (exact) mass is 1570 g/mol. The number of carbonyl (C=O) groups excluding carboxylic acids is 1. The Balaban J connectivity index is 0.724. The number of rotatable bonds is 24. The topological polar surface area (TPSA) is 621 Å². The van der Waals surface area contributed by atoms with Crippen molar-refractivity contribution in [2.45, 2.75) is 325 Å². The third-order valence-corrected chi connectivity index (χ3v) is 26.3. The maximum Gasteiger partial charge on any atom is 0.187 e. The molecule has 47 unspecified atom stereocenters. The van der Waals surface area contributed by atoms with Gasteiger partial charge in [-0.1, -0.05) is 27.7 Å². The van der Waals surface area contributed by atoms with E-state index in [1.807, 2.05) is 20.8 Å². The smallest absolute Gasteiger partial charge is 0.187 e.